The number of rotatable bonds is 8. The Balaban J connectivity index is 3.00. The molecule has 6 heteroatoms. The first-order valence-corrected chi connectivity index (χ1v) is 6.87. The van der Waals surface area contributed by atoms with E-state index in [9.17, 15) is 13.9 Å². The van der Waals surface area contributed by atoms with E-state index in [0.29, 0.717) is 24.4 Å². The number of nitrogens with zero attached hydrogens (tertiary/aromatic N) is 1. The molecular formula is C15H23F2NO3. The second-order valence-electron chi connectivity index (χ2n) is 5.22. The van der Waals surface area contributed by atoms with Crippen LogP contribution in [-0.2, 0) is 6.54 Å². The number of alkyl halides is 2. The monoisotopic (exact) mass is 303 g/mol. The Morgan fingerprint density at radius 3 is 2.38 bits per heavy atom. The van der Waals surface area contributed by atoms with Gasteiger partial charge in [0.15, 0.2) is 0 Å². The van der Waals surface area contributed by atoms with E-state index in [1.54, 1.807) is 19.1 Å². The molecule has 0 aliphatic rings. The average Bonchev–Trinajstić information content (AvgIpc) is 2.38. The predicted octanol–water partition coefficient (Wildman–Crippen LogP) is 2.89. The zero-order valence-corrected chi connectivity index (χ0v) is 12.8. The molecule has 0 fully saturated rings. The van der Waals surface area contributed by atoms with E-state index in [-0.39, 0.29) is 11.8 Å². The van der Waals surface area contributed by atoms with Crippen molar-refractivity contribution in [1.29, 1.82) is 0 Å². The smallest absolute Gasteiger partial charge is 0.387 e. The van der Waals surface area contributed by atoms with Crippen LogP contribution < -0.4 is 9.47 Å². The third-order valence-electron chi connectivity index (χ3n) is 3.09. The summed E-state index contributed by atoms with van der Waals surface area (Å²) in [7, 11) is 1.52. The second-order valence-corrected chi connectivity index (χ2v) is 5.22. The molecule has 0 aromatic heterocycles. The van der Waals surface area contributed by atoms with Crippen molar-refractivity contribution >= 4 is 0 Å². The summed E-state index contributed by atoms with van der Waals surface area (Å²) in [5.74, 6) is 0.703. The van der Waals surface area contributed by atoms with Crippen molar-refractivity contribution in [2.24, 2.45) is 0 Å². The first kappa shape index (κ1) is 17.7. The van der Waals surface area contributed by atoms with Gasteiger partial charge in [-0.2, -0.15) is 8.78 Å². The summed E-state index contributed by atoms with van der Waals surface area (Å²) < 4.78 is 34.6. The highest BCUT2D eigenvalue weighted by molar-refractivity contribution is 5.40. The van der Waals surface area contributed by atoms with E-state index in [0.717, 1.165) is 0 Å². The number of hydrogen-bond acceptors (Lipinski definition) is 4. The standard InChI is InChI=1S/C15H23F2NO3/c1-10(2)18(8-11(3)19)9-12-7-13(20-4)5-6-14(12)21-15(16)17/h5-7,10-11,15,19H,8-9H2,1-4H3. The molecule has 0 spiro atoms. The normalized spacial score (nSPS) is 13.0. The Labute approximate surface area is 124 Å². The lowest BCUT2D eigenvalue weighted by molar-refractivity contribution is -0.0510. The summed E-state index contributed by atoms with van der Waals surface area (Å²) in [5, 5.41) is 9.55. The minimum absolute atomic E-state index is 0.127. The number of hydrogen-bond donors (Lipinski definition) is 1. The SMILES string of the molecule is COc1ccc(OC(F)F)c(CN(CC(C)O)C(C)C)c1. The quantitative estimate of drug-likeness (QED) is 0.802. The van der Waals surface area contributed by atoms with Crippen molar-refractivity contribution in [1.82, 2.24) is 4.90 Å². The molecule has 0 saturated heterocycles. The van der Waals surface area contributed by atoms with Crippen LogP contribution in [0.25, 0.3) is 0 Å². The molecule has 0 saturated carbocycles. The van der Waals surface area contributed by atoms with E-state index in [1.165, 1.54) is 13.2 Å². The number of aliphatic hydroxyl groups excluding tert-OH is 1. The summed E-state index contributed by atoms with van der Waals surface area (Å²) in [6.45, 7) is 3.62. The largest absolute Gasteiger partial charge is 0.497 e. The van der Waals surface area contributed by atoms with Crippen molar-refractivity contribution in [2.75, 3.05) is 13.7 Å². The van der Waals surface area contributed by atoms with Crippen molar-refractivity contribution in [2.45, 2.75) is 46.1 Å². The van der Waals surface area contributed by atoms with Crippen molar-refractivity contribution in [3.8, 4) is 11.5 Å². The van der Waals surface area contributed by atoms with E-state index in [2.05, 4.69) is 4.74 Å². The maximum absolute atomic E-state index is 12.5. The highest BCUT2D eigenvalue weighted by Crippen LogP contribution is 2.27. The Kier molecular flexibility index (Phi) is 6.84. The summed E-state index contributed by atoms with van der Waals surface area (Å²) in [4.78, 5) is 1.98. The van der Waals surface area contributed by atoms with Crippen LogP contribution in [0.3, 0.4) is 0 Å². The fourth-order valence-corrected chi connectivity index (χ4v) is 2.03. The van der Waals surface area contributed by atoms with Gasteiger partial charge in [0.25, 0.3) is 0 Å². The molecule has 1 unspecified atom stereocenters. The third kappa shape index (κ3) is 5.85. The van der Waals surface area contributed by atoms with Crippen LogP contribution >= 0.6 is 0 Å². The highest BCUT2D eigenvalue weighted by atomic mass is 19.3. The van der Waals surface area contributed by atoms with Gasteiger partial charge in [0, 0.05) is 24.7 Å². The molecule has 1 atom stereocenters. The minimum Gasteiger partial charge on any atom is -0.497 e. The van der Waals surface area contributed by atoms with Crippen molar-refractivity contribution in [3.63, 3.8) is 0 Å². The Morgan fingerprint density at radius 2 is 1.90 bits per heavy atom. The van der Waals surface area contributed by atoms with Gasteiger partial charge in [0.05, 0.1) is 13.2 Å². The fourth-order valence-electron chi connectivity index (χ4n) is 2.03. The molecule has 0 amide bonds. The number of ether oxygens (including phenoxy) is 2. The molecule has 1 rings (SSSR count). The maximum atomic E-state index is 12.5. The van der Waals surface area contributed by atoms with E-state index < -0.39 is 12.7 Å². The second kappa shape index (κ2) is 8.14. The van der Waals surface area contributed by atoms with Gasteiger partial charge < -0.3 is 14.6 Å². The fraction of sp³-hybridized carbons (Fsp3) is 0.600. The van der Waals surface area contributed by atoms with Gasteiger partial charge in [0.1, 0.15) is 11.5 Å². The molecule has 0 aliphatic heterocycles. The Bertz CT molecular complexity index is 439. The number of methoxy groups -OCH3 is 1. The predicted molar refractivity (Wildman–Crippen MR) is 76.9 cm³/mol. The molecule has 0 aliphatic carbocycles. The summed E-state index contributed by atoms with van der Waals surface area (Å²) in [6, 6.07) is 4.89. The lowest BCUT2D eigenvalue weighted by Crippen LogP contribution is -2.36. The van der Waals surface area contributed by atoms with Gasteiger partial charge in [0.2, 0.25) is 0 Å². The molecule has 0 radical (unpaired) electrons. The lowest BCUT2D eigenvalue weighted by atomic mass is 10.1. The van der Waals surface area contributed by atoms with Crippen molar-refractivity contribution in [3.05, 3.63) is 23.8 Å². The topological polar surface area (TPSA) is 41.9 Å². The molecule has 120 valence electrons. The van der Waals surface area contributed by atoms with Gasteiger partial charge >= 0.3 is 6.61 Å². The summed E-state index contributed by atoms with van der Waals surface area (Å²) in [6.07, 6.45) is -0.502. The molecule has 1 aromatic rings. The van der Waals surface area contributed by atoms with E-state index >= 15 is 0 Å². The molecule has 21 heavy (non-hydrogen) atoms. The lowest BCUT2D eigenvalue weighted by Gasteiger charge is -2.28. The third-order valence-corrected chi connectivity index (χ3v) is 3.09. The first-order valence-electron chi connectivity index (χ1n) is 6.87. The van der Waals surface area contributed by atoms with Crippen LogP contribution in [-0.4, -0.2) is 42.4 Å². The number of benzene rings is 1. The minimum atomic E-state index is -2.87. The molecule has 4 nitrogen and oxygen atoms in total. The molecule has 0 bridgehead atoms. The zero-order chi connectivity index (χ0) is 16.0. The number of halogens is 2. The molecular weight excluding hydrogens is 280 g/mol. The van der Waals surface area contributed by atoms with Gasteiger partial charge in [-0.3, -0.25) is 4.90 Å². The van der Waals surface area contributed by atoms with Crippen LogP contribution in [0.5, 0.6) is 11.5 Å². The maximum Gasteiger partial charge on any atom is 0.387 e. The van der Waals surface area contributed by atoms with Gasteiger partial charge in [-0.25, -0.2) is 0 Å². The molecule has 1 aromatic carbocycles. The number of aliphatic hydroxyl groups is 1. The Hall–Kier alpha value is -1.40. The van der Waals surface area contributed by atoms with Crippen LogP contribution in [0, 0.1) is 0 Å². The van der Waals surface area contributed by atoms with Crippen LogP contribution in [0.4, 0.5) is 8.78 Å². The van der Waals surface area contributed by atoms with Gasteiger partial charge in [-0.15, -0.1) is 0 Å². The van der Waals surface area contributed by atoms with Crippen LogP contribution in [0.1, 0.15) is 26.3 Å². The first-order chi connectivity index (χ1) is 9.83. The summed E-state index contributed by atoms with van der Waals surface area (Å²) in [5.41, 5.74) is 0.601. The van der Waals surface area contributed by atoms with Crippen LogP contribution in [0.2, 0.25) is 0 Å². The van der Waals surface area contributed by atoms with Gasteiger partial charge in [-0.1, -0.05) is 0 Å². The molecule has 0 heterocycles. The summed E-state index contributed by atoms with van der Waals surface area (Å²) >= 11 is 0. The Morgan fingerprint density at radius 1 is 1.24 bits per heavy atom. The highest BCUT2D eigenvalue weighted by Gasteiger charge is 2.17. The van der Waals surface area contributed by atoms with E-state index in [1.807, 2.05) is 18.7 Å². The van der Waals surface area contributed by atoms with Crippen molar-refractivity contribution < 1.29 is 23.4 Å². The van der Waals surface area contributed by atoms with Gasteiger partial charge in [-0.05, 0) is 39.0 Å². The zero-order valence-electron chi connectivity index (χ0n) is 12.8. The average molecular weight is 303 g/mol. The van der Waals surface area contributed by atoms with Crippen LogP contribution in [0.15, 0.2) is 18.2 Å². The van der Waals surface area contributed by atoms with E-state index in [4.69, 9.17) is 4.74 Å². The molecule has 1 N–H and O–H groups in total.